The van der Waals surface area contributed by atoms with Crippen LogP contribution in [0.2, 0.25) is 0 Å². The number of likely N-dealkylation sites (N-methyl/N-ethyl adjacent to an activating group) is 2. The highest BCUT2D eigenvalue weighted by Gasteiger charge is 2.29. The van der Waals surface area contributed by atoms with E-state index in [1.54, 1.807) is 14.0 Å². The number of hydrogen-bond donors (Lipinski definition) is 13. The van der Waals surface area contributed by atoms with Gasteiger partial charge in [0.1, 0.15) is 25.3 Å². The Kier molecular flexibility index (Phi) is 43.1. The number of unbranched alkanes of at least 4 members (excludes halogenated alkanes) is 2. The summed E-state index contributed by atoms with van der Waals surface area (Å²) in [5, 5.41) is 66.0. The van der Waals surface area contributed by atoms with Crippen LogP contribution in [0.5, 0.6) is 0 Å². The molecule has 0 aromatic carbocycles. The van der Waals surface area contributed by atoms with E-state index in [0.717, 1.165) is 16.2 Å². The van der Waals surface area contributed by atoms with E-state index in [-0.39, 0.29) is 155 Å². The Morgan fingerprint density at radius 2 is 0.877 bits per heavy atom. The molecule has 0 rings (SSSR count). The van der Waals surface area contributed by atoms with Crippen molar-refractivity contribution in [2.45, 2.75) is 95.7 Å². The number of nitrogens with zero attached hydrogens (tertiary/aromatic N) is 3. The van der Waals surface area contributed by atoms with Crippen LogP contribution in [0.15, 0.2) is 0 Å². The number of hydrogen-bond acceptors (Lipinski definition) is 20. The van der Waals surface area contributed by atoms with Crippen molar-refractivity contribution in [2.24, 2.45) is 5.73 Å². The number of primary amides is 1. The zero-order valence-corrected chi connectivity index (χ0v) is 46.5. The molecule has 0 aromatic heterocycles. The molecule has 0 aliphatic rings. The zero-order valence-electron chi connectivity index (χ0n) is 46.5. The molecule has 0 aliphatic carbocycles. The van der Waals surface area contributed by atoms with Crippen LogP contribution >= 0.6 is 0 Å². The second kappa shape index (κ2) is 47.0. The molecule has 0 radical (unpaired) electrons. The number of ether oxygens (including phenoxy) is 4. The van der Waals surface area contributed by atoms with Crippen molar-refractivity contribution in [3.8, 4) is 0 Å². The summed E-state index contributed by atoms with van der Waals surface area (Å²) in [7, 11) is 1.66. The molecule has 32 heteroatoms. The summed E-state index contributed by atoms with van der Waals surface area (Å²) in [6.45, 7) is 0.0289. The van der Waals surface area contributed by atoms with Crippen molar-refractivity contribution < 1.29 is 102 Å². The van der Waals surface area contributed by atoms with Crippen molar-refractivity contribution in [2.75, 3.05) is 145 Å². The van der Waals surface area contributed by atoms with Gasteiger partial charge in [0.15, 0.2) is 0 Å². The van der Waals surface area contributed by atoms with Gasteiger partial charge in [-0.1, -0.05) is 0 Å². The summed E-state index contributed by atoms with van der Waals surface area (Å²) >= 11 is 0. The highest BCUT2D eigenvalue weighted by Crippen LogP contribution is 2.11. The third kappa shape index (κ3) is 42.8. The SMILES string of the molecule is CCNC(=O)[C@H](CCCCNC(=O)CC[C@@H](C(=O)O)N(CCN(CC(=O)O)CC(=O)O)CCN(CC(=O)O)CC(=O)O)NC(=O)CCCC(=O)NCCOCCOCC(=O)NCCOCCOCC(=O)NCCCC[C@H](NC)C(N)=O. The predicted molar refractivity (Wildman–Crippen MR) is 285 cm³/mol. The summed E-state index contributed by atoms with van der Waals surface area (Å²) < 4.78 is 21.3. The van der Waals surface area contributed by atoms with E-state index in [2.05, 4.69) is 37.2 Å². The molecule has 0 aliphatic heterocycles. The predicted octanol–water partition coefficient (Wildman–Crippen LogP) is -4.80. The molecular weight excluding hydrogens is 1080 g/mol. The van der Waals surface area contributed by atoms with E-state index in [1.807, 2.05) is 0 Å². The Hall–Kier alpha value is -6.68. The number of aliphatic carboxylic acids is 5. The lowest BCUT2D eigenvalue weighted by Gasteiger charge is -2.32. The molecule has 14 N–H and O–H groups in total. The van der Waals surface area contributed by atoms with Crippen LogP contribution in [0.4, 0.5) is 0 Å². The van der Waals surface area contributed by atoms with Crippen LogP contribution in [0, 0.1) is 0 Å². The number of carbonyl (C=O) groups is 12. The standard InChI is InChI=1S/C49H87N11O21/c1-3-52-48(75)36(10-5-7-15-53-39(62)14-13-37(49(76)77)60(21-19-58(29-43(66)67)30-44(68)69)22-20-59(31-45(70)71)32-46(72)73)57-40(63)12-8-11-38(61)55-17-23-78-25-28-81-34-42(65)56-18-24-79-26-27-80-33-41(64)54-16-6-4-9-35(51-2)47(50)74/h35-37,51H,3-34H2,1-2H3,(H2,50,74)(H,52,75)(H,53,62)(H,54,64)(H,55,61)(H,56,65)(H,57,63)(H,66,67)(H,68,69)(H,70,71)(H,72,73)(H,76,77)/t35-,36-,37-/m0/s1. The van der Waals surface area contributed by atoms with Gasteiger partial charge in [-0.05, 0) is 65.3 Å². The van der Waals surface area contributed by atoms with Crippen molar-refractivity contribution in [3.05, 3.63) is 0 Å². The van der Waals surface area contributed by atoms with Crippen LogP contribution in [0.3, 0.4) is 0 Å². The minimum Gasteiger partial charge on any atom is -0.480 e. The minimum atomic E-state index is -1.40. The Labute approximate surface area is 470 Å². The Bertz CT molecular complexity index is 1860. The summed E-state index contributed by atoms with van der Waals surface area (Å²) in [5.74, 6) is -9.56. The van der Waals surface area contributed by atoms with Gasteiger partial charge in [0.2, 0.25) is 41.4 Å². The molecule has 464 valence electrons. The quantitative estimate of drug-likeness (QED) is 0.0254. The molecule has 81 heavy (non-hydrogen) atoms. The van der Waals surface area contributed by atoms with Crippen LogP contribution in [-0.4, -0.2) is 275 Å². The first-order valence-electron chi connectivity index (χ1n) is 26.8. The summed E-state index contributed by atoms with van der Waals surface area (Å²) in [5.41, 5.74) is 5.27. The molecule has 0 spiro atoms. The van der Waals surface area contributed by atoms with Crippen molar-refractivity contribution >= 4 is 71.2 Å². The number of carboxylic acids is 5. The molecule has 0 aromatic rings. The van der Waals surface area contributed by atoms with Crippen LogP contribution in [0.1, 0.15) is 77.6 Å². The van der Waals surface area contributed by atoms with Gasteiger partial charge >= 0.3 is 29.8 Å². The first kappa shape index (κ1) is 74.3. The lowest BCUT2D eigenvalue weighted by molar-refractivity contribution is -0.146. The maximum atomic E-state index is 12.9. The molecular formula is C49H87N11O21. The second-order valence-corrected chi connectivity index (χ2v) is 18.3. The number of carbonyl (C=O) groups excluding carboxylic acids is 7. The lowest BCUT2D eigenvalue weighted by Crippen LogP contribution is -2.50. The van der Waals surface area contributed by atoms with Crippen LogP contribution in [-0.2, 0) is 76.5 Å². The van der Waals surface area contributed by atoms with E-state index in [0.29, 0.717) is 38.8 Å². The van der Waals surface area contributed by atoms with E-state index < -0.39 is 97.8 Å². The molecule has 0 saturated heterocycles. The van der Waals surface area contributed by atoms with Crippen LogP contribution in [0.25, 0.3) is 0 Å². The monoisotopic (exact) mass is 1170 g/mol. The highest BCUT2D eigenvalue weighted by molar-refractivity contribution is 5.88. The smallest absolute Gasteiger partial charge is 0.320 e. The molecule has 0 fully saturated rings. The number of rotatable bonds is 54. The molecule has 3 atom stereocenters. The first-order chi connectivity index (χ1) is 38.6. The molecule has 0 bridgehead atoms. The van der Waals surface area contributed by atoms with Gasteiger partial charge in [0.25, 0.3) is 0 Å². The maximum absolute atomic E-state index is 12.9. The average Bonchev–Trinajstić information content (AvgIpc) is 3.37. The molecule has 32 nitrogen and oxygen atoms in total. The average molecular weight is 1170 g/mol. The Balaban J connectivity index is 4.54. The third-order valence-corrected chi connectivity index (χ3v) is 11.5. The zero-order chi connectivity index (χ0) is 60.8. The molecule has 0 saturated carbocycles. The van der Waals surface area contributed by atoms with E-state index in [4.69, 9.17) is 24.7 Å². The van der Waals surface area contributed by atoms with Gasteiger partial charge in [0.05, 0.1) is 71.9 Å². The van der Waals surface area contributed by atoms with E-state index in [1.165, 1.54) is 4.90 Å². The van der Waals surface area contributed by atoms with Crippen molar-refractivity contribution in [1.29, 1.82) is 0 Å². The van der Waals surface area contributed by atoms with Gasteiger partial charge < -0.3 is 87.4 Å². The number of carboxylic acid groups (broad SMARTS) is 5. The van der Waals surface area contributed by atoms with E-state index >= 15 is 0 Å². The van der Waals surface area contributed by atoms with Crippen molar-refractivity contribution in [1.82, 2.24) is 51.9 Å². The molecule has 0 heterocycles. The fraction of sp³-hybridized carbons (Fsp3) is 0.755. The largest absolute Gasteiger partial charge is 0.480 e. The third-order valence-electron chi connectivity index (χ3n) is 11.5. The van der Waals surface area contributed by atoms with Gasteiger partial charge in [-0.15, -0.1) is 0 Å². The fourth-order valence-electron chi connectivity index (χ4n) is 7.53. The van der Waals surface area contributed by atoms with Gasteiger partial charge in [-0.3, -0.25) is 72.2 Å². The van der Waals surface area contributed by atoms with Crippen molar-refractivity contribution in [3.63, 3.8) is 0 Å². The number of amides is 7. The normalized spacial score (nSPS) is 12.3. The fourth-order valence-corrected chi connectivity index (χ4v) is 7.53. The Morgan fingerprint density at radius 3 is 1.32 bits per heavy atom. The minimum absolute atomic E-state index is 0.0258. The molecule has 7 amide bonds. The molecule has 0 unspecified atom stereocenters. The summed E-state index contributed by atoms with van der Waals surface area (Å²) in [4.78, 5) is 147. The van der Waals surface area contributed by atoms with Gasteiger partial charge in [-0.25, -0.2) is 0 Å². The number of nitrogens with one attached hydrogen (secondary N) is 7. The summed E-state index contributed by atoms with van der Waals surface area (Å²) in [6, 6.07) is -2.71. The maximum Gasteiger partial charge on any atom is 0.320 e. The first-order valence-corrected chi connectivity index (χ1v) is 26.8. The lowest BCUT2D eigenvalue weighted by atomic mass is 10.1. The summed E-state index contributed by atoms with van der Waals surface area (Å²) in [6.07, 6.45) is 2.49. The van der Waals surface area contributed by atoms with Gasteiger partial charge in [0, 0.05) is 78.2 Å². The Morgan fingerprint density at radius 1 is 0.457 bits per heavy atom. The van der Waals surface area contributed by atoms with E-state index in [9.17, 15) is 83.1 Å². The number of nitrogens with two attached hydrogens (primary N) is 1. The van der Waals surface area contributed by atoms with Crippen LogP contribution < -0.4 is 43.0 Å². The van der Waals surface area contributed by atoms with Gasteiger partial charge in [-0.2, -0.15) is 0 Å². The highest BCUT2D eigenvalue weighted by atomic mass is 16.5. The topological polar surface area (TPSA) is 463 Å². The second-order valence-electron chi connectivity index (χ2n) is 18.3.